The monoisotopic (exact) mass is 316 g/mol. The molecule has 0 bridgehead atoms. The van der Waals surface area contributed by atoms with Crippen LogP contribution in [0.5, 0.6) is 0 Å². The van der Waals surface area contributed by atoms with Gasteiger partial charge < -0.3 is 5.32 Å². The van der Waals surface area contributed by atoms with Gasteiger partial charge in [-0.3, -0.25) is 9.48 Å². The quantitative estimate of drug-likeness (QED) is 0.889. The molecule has 1 atom stereocenters. The predicted molar refractivity (Wildman–Crippen MR) is 84.1 cm³/mol. The maximum atomic E-state index is 13.1. The van der Waals surface area contributed by atoms with Crippen LogP contribution in [0.3, 0.4) is 0 Å². The van der Waals surface area contributed by atoms with E-state index in [2.05, 4.69) is 29.5 Å². The minimum absolute atomic E-state index is 0.0166. The van der Waals surface area contributed by atoms with Crippen LogP contribution in [0.15, 0.2) is 36.7 Å². The van der Waals surface area contributed by atoms with Crippen LogP contribution in [0, 0.1) is 11.7 Å². The van der Waals surface area contributed by atoms with E-state index >= 15 is 0 Å². The van der Waals surface area contributed by atoms with Crippen molar-refractivity contribution in [1.82, 2.24) is 20.3 Å². The first-order valence-corrected chi connectivity index (χ1v) is 7.92. The van der Waals surface area contributed by atoms with Gasteiger partial charge >= 0.3 is 0 Å². The van der Waals surface area contributed by atoms with E-state index in [9.17, 15) is 9.18 Å². The zero-order valence-corrected chi connectivity index (χ0v) is 13.4. The highest BCUT2D eigenvalue weighted by atomic mass is 19.1. The van der Waals surface area contributed by atoms with Crippen LogP contribution in [0.4, 0.5) is 4.39 Å². The molecule has 0 radical (unpaired) electrons. The second-order valence-corrected chi connectivity index (χ2v) is 6.54. The summed E-state index contributed by atoms with van der Waals surface area (Å²) in [5.41, 5.74) is 0.392. The lowest BCUT2D eigenvalue weighted by molar-refractivity contribution is -0.124. The van der Waals surface area contributed by atoms with Gasteiger partial charge in [-0.1, -0.05) is 31.2 Å². The summed E-state index contributed by atoms with van der Waals surface area (Å²) in [5, 5.41) is 10.9. The molecule has 6 heteroatoms. The Morgan fingerprint density at radius 2 is 2.04 bits per heavy atom. The fraction of sp³-hybridized carbons (Fsp3) is 0.471. The molecule has 5 nitrogen and oxygen atoms in total. The first-order chi connectivity index (χ1) is 11.0. The molecule has 1 aromatic carbocycles. The summed E-state index contributed by atoms with van der Waals surface area (Å²) >= 11 is 0. The van der Waals surface area contributed by atoms with E-state index < -0.39 is 5.41 Å². The molecule has 0 aliphatic heterocycles. The van der Waals surface area contributed by atoms with Crippen molar-refractivity contribution >= 4 is 5.91 Å². The molecule has 1 fully saturated rings. The van der Waals surface area contributed by atoms with E-state index in [1.54, 1.807) is 29.2 Å². The average molecular weight is 316 g/mol. The van der Waals surface area contributed by atoms with E-state index in [0.717, 1.165) is 18.4 Å². The Hall–Kier alpha value is -2.24. The van der Waals surface area contributed by atoms with Crippen molar-refractivity contribution in [1.29, 1.82) is 0 Å². The lowest BCUT2D eigenvalue weighted by Gasteiger charge is -2.25. The molecular formula is C17H21FN4O. The van der Waals surface area contributed by atoms with Gasteiger partial charge in [-0.05, 0) is 36.5 Å². The van der Waals surface area contributed by atoms with Gasteiger partial charge in [0.05, 0.1) is 24.2 Å². The number of rotatable bonds is 6. The van der Waals surface area contributed by atoms with Gasteiger partial charge in [0.25, 0.3) is 0 Å². The molecule has 1 aliphatic rings. The lowest BCUT2D eigenvalue weighted by Crippen LogP contribution is -2.46. The highest BCUT2D eigenvalue weighted by molar-refractivity contribution is 5.91. The fourth-order valence-electron chi connectivity index (χ4n) is 2.80. The first-order valence-electron chi connectivity index (χ1n) is 7.92. The van der Waals surface area contributed by atoms with Gasteiger partial charge in [0.2, 0.25) is 5.91 Å². The Bertz CT molecular complexity index is 662. The van der Waals surface area contributed by atoms with Gasteiger partial charge in [-0.15, -0.1) is 5.10 Å². The Labute approximate surface area is 134 Å². The number of amides is 1. The van der Waals surface area contributed by atoms with Crippen LogP contribution in [0.1, 0.15) is 32.3 Å². The molecule has 2 aromatic rings. The number of nitrogens with zero attached hydrogens (tertiary/aromatic N) is 3. The SMILES string of the molecule is CC(C)C(Cn1ccnn1)NC(=O)C1(c2ccc(F)cc2)CC1. The van der Waals surface area contributed by atoms with Gasteiger partial charge in [0.15, 0.2) is 0 Å². The standard InChI is InChI=1S/C17H21FN4O/c1-12(2)15(11-22-10-9-19-21-22)20-16(23)17(7-8-17)13-3-5-14(18)6-4-13/h3-6,9-10,12,15H,7-8,11H2,1-2H3,(H,20,23). The van der Waals surface area contributed by atoms with Crippen LogP contribution in [0.25, 0.3) is 0 Å². The molecule has 1 aromatic heterocycles. The largest absolute Gasteiger partial charge is 0.350 e. The molecule has 1 unspecified atom stereocenters. The van der Waals surface area contributed by atoms with Gasteiger partial charge in [-0.25, -0.2) is 4.39 Å². The minimum Gasteiger partial charge on any atom is -0.350 e. The van der Waals surface area contributed by atoms with Crippen molar-refractivity contribution in [2.24, 2.45) is 5.92 Å². The zero-order chi connectivity index (χ0) is 16.4. The first kappa shape index (κ1) is 15.6. The third-order valence-electron chi connectivity index (χ3n) is 4.56. The number of halogens is 1. The summed E-state index contributed by atoms with van der Waals surface area (Å²) in [6.07, 6.45) is 5.02. The number of aromatic nitrogens is 3. The maximum Gasteiger partial charge on any atom is 0.230 e. The highest BCUT2D eigenvalue weighted by Gasteiger charge is 2.51. The number of hydrogen-bond acceptors (Lipinski definition) is 3. The predicted octanol–water partition coefficient (Wildman–Crippen LogP) is 2.29. The van der Waals surface area contributed by atoms with Gasteiger partial charge in [0.1, 0.15) is 5.82 Å². The molecule has 23 heavy (non-hydrogen) atoms. The van der Waals surface area contributed by atoms with Gasteiger partial charge in [-0.2, -0.15) is 0 Å². The Morgan fingerprint density at radius 1 is 1.35 bits per heavy atom. The molecule has 0 spiro atoms. The number of nitrogens with one attached hydrogen (secondary N) is 1. The average Bonchev–Trinajstić information content (AvgIpc) is 3.18. The third-order valence-corrected chi connectivity index (χ3v) is 4.56. The van der Waals surface area contributed by atoms with Crippen molar-refractivity contribution in [2.75, 3.05) is 0 Å². The summed E-state index contributed by atoms with van der Waals surface area (Å²) in [4.78, 5) is 12.8. The van der Waals surface area contributed by atoms with Crippen molar-refractivity contribution in [3.8, 4) is 0 Å². The maximum absolute atomic E-state index is 13.1. The number of carbonyl (C=O) groups is 1. The molecule has 0 saturated heterocycles. The molecule has 1 amide bonds. The molecular weight excluding hydrogens is 295 g/mol. The van der Waals surface area contributed by atoms with Crippen molar-refractivity contribution in [3.63, 3.8) is 0 Å². The van der Waals surface area contributed by atoms with Crippen LogP contribution < -0.4 is 5.32 Å². The zero-order valence-electron chi connectivity index (χ0n) is 13.4. The normalized spacial score (nSPS) is 17.0. The topological polar surface area (TPSA) is 59.8 Å². The Balaban J connectivity index is 1.72. The number of hydrogen-bond donors (Lipinski definition) is 1. The number of carbonyl (C=O) groups excluding carboxylic acids is 1. The van der Waals surface area contributed by atoms with E-state index in [1.165, 1.54) is 12.1 Å². The van der Waals surface area contributed by atoms with E-state index in [-0.39, 0.29) is 23.7 Å². The van der Waals surface area contributed by atoms with Crippen molar-refractivity contribution < 1.29 is 9.18 Å². The molecule has 122 valence electrons. The van der Waals surface area contributed by atoms with Crippen LogP contribution >= 0.6 is 0 Å². The second-order valence-electron chi connectivity index (χ2n) is 6.54. The van der Waals surface area contributed by atoms with Crippen LogP contribution in [-0.4, -0.2) is 26.9 Å². The van der Waals surface area contributed by atoms with Crippen LogP contribution in [0.2, 0.25) is 0 Å². The molecule has 1 aliphatic carbocycles. The Morgan fingerprint density at radius 3 is 2.57 bits per heavy atom. The Kier molecular flexibility index (Phi) is 4.15. The smallest absolute Gasteiger partial charge is 0.230 e. The van der Waals surface area contributed by atoms with E-state index in [0.29, 0.717) is 6.54 Å². The summed E-state index contributed by atoms with van der Waals surface area (Å²) < 4.78 is 14.8. The van der Waals surface area contributed by atoms with Crippen molar-refractivity contribution in [3.05, 3.63) is 48.0 Å². The summed E-state index contributed by atoms with van der Waals surface area (Å²) in [6.45, 7) is 4.72. The highest BCUT2D eigenvalue weighted by Crippen LogP contribution is 2.48. The minimum atomic E-state index is -0.497. The van der Waals surface area contributed by atoms with Crippen molar-refractivity contribution in [2.45, 2.75) is 44.7 Å². The van der Waals surface area contributed by atoms with E-state index in [4.69, 9.17) is 0 Å². The molecule has 1 saturated carbocycles. The summed E-state index contributed by atoms with van der Waals surface area (Å²) in [6, 6.07) is 6.23. The summed E-state index contributed by atoms with van der Waals surface area (Å²) in [7, 11) is 0. The van der Waals surface area contributed by atoms with Gasteiger partial charge in [0, 0.05) is 6.20 Å². The molecule has 1 N–H and O–H groups in total. The third kappa shape index (κ3) is 3.25. The van der Waals surface area contributed by atoms with Crippen LogP contribution in [-0.2, 0) is 16.8 Å². The fourth-order valence-corrected chi connectivity index (χ4v) is 2.80. The number of benzene rings is 1. The molecule has 3 rings (SSSR count). The second kappa shape index (κ2) is 6.10. The summed E-state index contributed by atoms with van der Waals surface area (Å²) in [5.74, 6) is 0.00582. The lowest BCUT2D eigenvalue weighted by atomic mass is 9.93. The molecule has 1 heterocycles. The van der Waals surface area contributed by atoms with E-state index in [1.807, 2.05) is 0 Å².